The maximum absolute atomic E-state index is 12.0. The van der Waals surface area contributed by atoms with Crippen molar-refractivity contribution in [1.82, 2.24) is 5.32 Å². The smallest absolute Gasteiger partial charge is 0.328 e. The van der Waals surface area contributed by atoms with Crippen LogP contribution in [-0.4, -0.2) is 44.1 Å². The largest absolute Gasteiger partial charge is 0.496 e. The van der Waals surface area contributed by atoms with Gasteiger partial charge in [-0.2, -0.15) is 11.8 Å². The van der Waals surface area contributed by atoms with Crippen LogP contribution in [0.15, 0.2) is 24.3 Å². The third-order valence-electron chi connectivity index (χ3n) is 3.21. The van der Waals surface area contributed by atoms with Crippen LogP contribution in [0.1, 0.15) is 17.5 Å². The van der Waals surface area contributed by atoms with Crippen molar-refractivity contribution in [3.63, 3.8) is 0 Å². The highest BCUT2D eigenvalue weighted by molar-refractivity contribution is 7.98. The summed E-state index contributed by atoms with van der Waals surface area (Å²) in [4.78, 5) is 23.7. The summed E-state index contributed by atoms with van der Waals surface area (Å²) in [7, 11) is 2.89. The number of hydrogen-bond donors (Lipinski definition) is 1. The predicted octanol–water partition coefficient (Wildman–Crippen LogP) is 2.43. The summed E-state index contributed by atoms with van der Waals surface area (Å²) in [6, 6.07) is 5.08. The molecule has 23 heavy (non-hydrogen) atoms. The van der Waals surface area contributed by atoms with Gasteiger partial charge in [-0.25, -0.2) is 4.79 Å². The Bertz CT molecular complexity index is 572. The molecule has 0 radical (unpaired) electrons. The van der Waals surface area contributed by atoms with Crippen molar-refractivity contribution in [2.45, 2.75) is 19.4 Å². The van der Waals surface area contributed by atoms with Crippen molar-refractivity contribution in [3.8, 4) is 5.75 Å². The molecule has 0 aliphatic carbocycles. The van der Waals surface area contributed by atoms with E-state index in [2.05, 4.69) is 5.32 Å². The van der Waals surface area contributed by atoms with E-state index in [-0.39, 0.29) is 5.91 Å². The lowest BCUT2D eigenvalue weighted by Crippen LogP contribution is -2.41. The summed E-state index contributed by atoms with van der Waals surface area (Å²) in [6.45, 7) is 1.96. The fourth-order valence-corrected chi connectivity index (χ4v) is 2.47. The lowest BCUT2D eigenvalue weighted by atomic mass is 10.1. The van der Waals surface area contributed by atoms with Crippen LogP contribution in [0.5, 0.6) is 5.75 Å². The first-order chi connectivity index (χ1) is 11.0. The average Bonchev–Trinajstić information content (AvgIpc) is 2.56. The molecule has 6 heteroatoms. The number of hydrogen-bond acceptors (Lipinski definition) is 5. The number of amides is 1. The summed E-state index contributed by atoms with van der Waals surface area (Å²) in [6.07, 6.45) is 5.54. The van der Waals surface area contributed by atoms with E-state index in [9.17, 15) is 9.59 Å². The maximum Gasteiger partial charge on any atom is 0.328 e. The second kappa shape index (κ2) is 9.94. The van der Waals surface area contributed by atoms with Crippen molar-refractivity contribution >= 4 is 29.7 Å². The van der Waals surface area contributed by atoms with E-state index in [4.69, 9.17) is 9.47 Å². The van der Waals surface area contributed by atoms with Gasteiger partial charge in [-0.15, -0.1) is 0 Å². The Balaban J connectivity index is 2.77. The Hall–Kier alpha value is -1.95. The molecule has 126 valence electrons. The van der Waals surface area contributed by atoms with Crippen LogP contribution in [0, 0.1) is 6.92 Å². The lowest BCUT2D eigenvalue weighted by molar-refractivity contribution is -0.144. The molecule has 0 aliphatic heterocycles. The van der Waals surface area contributed by atoms with Gasteiger partial charge in [0.15, 0.2) is 0 Å². The first kappa shape index (κ1) is 19.1. The maximum atomic E-state index is 12.0. The number of nitrogens with one attached hydrogen (secondary N) is 1. The second-order valence-electron chi connectivity index (χ2n) is 4.94. The highest BCUT2D eigenvalue weighted by atomic mass is 32.2. The number of aryl methyl sites for hydroxylation is 1. The van der Waals surface area contributed by atoms with E-state index in [1.54, 1.807) is 24.9 Å². The fourth-order valence-electron chi connectivity index (χ4n) is 2.00. The predicted molar refractivity (Wildman–Crippen MR) is 93.7 cm³/mol. The molecule has 1 N–H and O–H groups in total. The molecule has 0 heterocycles. The Morgan fingerprint density at radius 2 is 2.09 bits per heavy atom. The van der Waals surface area contributed by atoms with Crippen molar-refractivity contribution in [2.75, 3.05) is 26.2 Å². The number of ether oxygens (including phenoxy) is 2. The zero-order chi connectivity index (χ0) is 17.2. The third-order valence-corrected chi connectivity index (χ3v) is 3.86. The number of esters is 1. The number of rotatable bonds is 8. The normalized spacial score (nSPS) is 12.0. The molecule has 1 atom stereocenters. The molecular formula is C17H23NO4S. The Kier molecular flexibility index (Phi) is 8.26. The molecule has 0 bridgehead atoms. The zero-order valence-corrected chi connectivity index (χ0v) is 14.7. The summed E-state index contributed by atoms with van der Waals surface area (Å²) in [5.41, 5.74) is 1.87. The molecule has 1 aromatic carbocycles. The van der Waals surface area contributed by atoms with Gasteiger partial charge in [-0.1, -0.05) is 11.6 Å². The second-order valence-corrected chi connectivity index (χ2v) is 5.93. The first-order valence-electron chi connectivity index (χ1n) is 7.21. The fraction of sp³-hybridized carbons (Fsp3) is 0.412. The minimum atomic E-state index is -0.635. The molecule has 5 nitrogen and oxygen atoms in total. The van der Waals surface area contributed by atoms with Gasteiger partial charge >= 0.3 is 5.97 Å². The standard InChI is InChI=1S/C17H23NO4S/c1-12-5-7-15(21-2)13(11-12)6-8-16(19)18-14(9-10-23-4)17(20)22-3/h5-8,11,14H,9-10H2,1-4H3,(H,18,19)/b8-6+/t14-/m1/s1. The quantitative estimate of drug-likeness (QED) is 0.583. The van der Waals surface area contributed by atoms with Gasteiger partial charge in [0.25, 0.3) is 0 Å². The SMILES string of the molecule is COC(=O)[C@@H](CCSC)NC(=O)/C=C/c1cc(C)ccc1OC. The molecular weight excluding hydrogens is 314 g/mol. The van der Waals surface area contributed by atoms with Crippen molar-refractivity contribution < 1.29 is 19.1 Å². The van der Waals surface area contributed by atoms with Gasteiger partial charge in [-0.05, 0) is 43.6 Å². The van der Waals surface area contributed by atoms with E-state index in [0.29, 0.717) is 12.2 Å². The van der Waals surface area contributed by atoms with Crippen LogP contribution in [0.25, 0.3) is 6.08 Å². The van der Waals surface area contributed by atoms with E-state index in [1.807, 2.05) is 31.4 Å². The first-order valence-corrected chi connectivity index (χ1v) is 8.61. The average molecular weight is 337 g/mol. The van der Waals surface area contributed by atoms with Crippen LogP contribution in [-0.2, 0) is 14.3 Å². The van der Waals surface area contributed by atoms with E-state index in [1.165, 1.54) is 13.2 Å². The number of benzene rings is 1. The minimum Gasteiger partial charge on any atom is -0.496 e. The zero-order valence-electron chi connectivity index (χ0n) is 13.9. The van der Waals surface area contributed by atoms with Gasteiger partial charge in [0.2, 0.25) is 5.91 Å². The van der Waals surface area contributed by atoms with Crippen molar-refractivity contribution in [1.29, 1.82) is 0 Å². The van der Waals surface area contributed by atoms with E-state index >= 15 is 0 Å². The number of carbonyl (C=O) groups is 2. The van der Waals surface area contributed by atoms with Crippen molar-refractivity contribution in [3.05, 3.63) is 35.4 Å². The number of methoxy groups -OCH3 is 2. The molecule has 0 spiro atoms. The Labute approximate surface area is 141 Å². The highest BCUT2D eigenvalue weighted by Crippen LogP contribution is 2.20. The molecule has 1 amide bonds. The van der Waals surface area contributed by atoms with Crippen LogP contribution < -0.4 is 10.1 Å². The highest BCUT2D eigenvalue weighted by Gasteiger charge is 2.19. The monoisotopic (exact) mass is 337 g/mol. The van der Waals surface area contributed by atoms with Gasteiger partial charge in [0, 0.05) is 11.6 Å². The number of thioether (sulfide) groups is 1. The summed E-state index contributed by atoms with van der Waals surface area (Å²) < 4.78 is 9.98. The molecule has 0 unspecified atom stereocenters. The topological polar surface area (TPSA) is 64.6 Å². The van der Waals surface area contributed by atoms with Crippen molar-refractivity contribution in [2.24, 2.45) is 0 Å². The van der Waals surface area contributed by atoms with Crippen LogP contribution in [0.4, 0.5) is 0 Å². The molecule has 0 saturated heterocycles. The lowest BCUT2D eigenvalue weighted by Gasteiger charge is -2.14. The van der Waals surface area contributed by atoms with Crippen LogP contribution >= 0.6 is 11.8 Å². The van der Waals surface area contributed by atoms with Gasteiger partial charge in [-0.3, -0.25) is 4.79 Å². The molecule has 1 rings (SSSR count). The third kappa shape index (κ3) is 6.36. The minimum absolute atomic E-state index is 0.343. The van der Waals surface area contributed by atoms with Crippen LogP contribution in [0.2, 0.25) is 0 Å². The molecule has 0 aromatic heterocycles. The van der Waals surface area contributed by atoms with E-state index < -0.39 is 12.0 Å². The number of carbonyl (C=O) groups excluding carboxylic acids is 2. The molecule has 0 aliphatic rings. The molecule has 0 fully saturated rings. The molecule has 1 aromatic rings. The van der Waals surface area contributed by atoms with Crippen LogP contribution in [0.3, 0.4) is 0 Å². The molecule has 0 saturated carbocycles. The summed E-state index contributed by atoms with van der Waals surface area (Å²) in [5, 5.41) is 2.67. The van der Waals surface area contributed by atoms with Gasteiger partial charge in [0.05, 0.1) is 14.2 Å². The Morgan fingerprint density at radius 3 is 2.70 bits per heavy atom. The Morgan fingerprint density at radius 1 is 1.35 bits per heavy atom. The van der Waals surface area contributed by atoms with Gasteiger partial charge in [0.1, 0.15) is 11.8 Å². The summed E-state index contributed by atoms with van der Waals surface area (Å²) in [5.74, 6) is 0.667. The van der Waals surface area contributed by atoms with Gasteiger partial charge < -0.3 is 14.8 Å². The summed E-state index contributed by atoms with van der Waals surface area (Å²) >= 11 is 1.61. The van der Waals surface area contributed by atoms with E-state index in [0.717, 1.165) is 16.9 Å².